The third-order valence-corrected chi connectivity index (χ3v) is 5.97. The van der Waals surface area contributed by atoms with Crippen LogP contribution >= 0.6 is 0 Å². The zero-order valence-corrected chi connectivity index (χ0v) is 17.1. The molecule has 0 amide bonds. The molecule has 0 saturated carbocycles. The van der Waals surface area contributed by atoms with E-state index in [9.17, 15) is 5.11 Å². The van der Waals surface area contributed by atoms with Gasteiger partial charge in [0.2, 0.25) is 0 Å². The number of aliphatic hydroxyl groups is 1. The van der Waals surface area contributed by atoms with E-state index in [1.807, 2.05) is 6.92 Å². The first-order valence-corrected chi connectivity index (χ1v) is 9.77. The van der Waals surface area contributed by atoms with E-state index < -0.39 is 5.60 Å². The van der Waals surface area contributed by atoms with E-state index >= 15 is 0 Å². The van der Waals surface area contributed by atoms with Gasteiger partial charge in [-0.1, -0.05) is 91.0 Å². The third-order valence-electron chi connectivity index (χ3n) is 5.97. The highest BCUT2D eigenvalue weighted by Gasteiger charge is 2.61. The number of halogens is 1. The van der Waals surface area contributed by atoms with Crippen molar-refractivity contribution in [2.24, 2.45) is 0 Å². The second kappa shape index (κ2) is 8.48. The summed E-state index contributed by atoms with van der Waals surface area (Å²) in [5, 5.41) is 11.1. The molecular weight excluding hydrogens is 366 g/mol. The molecule has 1 aliphatic rings. The lowest BCUT2D eigenvalue weighted by molar-refractivity contribution is -1.03. The van der Waals surface area contributed by atoms with Crippen molar-refractivity contribution >= 4 is 0 Å². The van der Waals surface area contributed by atoms with Crippen molar-refractivity contribution in [1.82, 2.24) is 0 Å². The normalized spacial score (nSPS) is 22.7. The molecule has 0 aromatic heterocycles. The molecule has 0 spiro atoms. The van der Waals surface area contributed by atoms with Gasteiger partial charge in [0.05, 0.1) is 0 Å². The van der Waals surface area contributed by atoms with Crippen LogP contribution in [0.15, 0.2) is 91.0 Å². The van der Waals surface area contributed by atoms with Gasteiger partial charge in [0.25, 0.3) is 0 Å². The minimum atomic E-state index is -0.639. The molecule has 0 aliphatic carbocycles. The predicted molar refractivity (Wildman–Crippen MR) is 110 cm³/mol. The Hall–Kier alpha value is -2.13. The fourth-order valence-corrected chi connectivity index (χ4v) is 4.86. The topological polar surface area (TPSA) is 20.2 Å². The number of hydrogen-bond donors (Lipinski definition) is 1. The molecule has 28 heavy (non-hydrogen) atoms. The summed E-state index contributed by atoms with van der Waals surface area (Å²) < 4.78 is 0.899. The minimum absolute atomic E-state index is 0. The van der Waals surface area contributed by atoms with Crippen LogP contribution in [-0.4, -0.2) is 27.8 Å². The van der Waals surface area contributed by atoms with Crippen LogP contribution in [0.1, 0.15) is 23.6 Å². The van der Waals surface area contributed by atoms with Gasteiger partial charge < -0.3 is 22.0 Å². The summed E-state index contributed by atoms with van der Waals surface area (Å²) >= 11 is 0. The van der Waals surface area contributed by atoms with Crippen LogP contribution in [0.25, 0.3) is 0 Å². The zero-order valence-electron chi connectivity index (χ0n) is 16.3. The molecule has 1 aliphatic heterocycles. The molecular formula is C25H28ClNO. The van der Waals surface area contributed by atoms with Crippen molar-refractivity contribution in [2.75, 3.05) is 6.54 Å². The first-order valence-electron chi connectivity index (χ1n) is 9.77. The first kappa shape index (κ1) is 20.6. The van der Waals surface area contributed by atoms with Crippen molar-refractivity contribution in [2.45, 2.75) is 38.1 Å². The van der Waals surface area contributed by atoms with Gasteiger partial charge in [0, 0.05) is 17.5 Å². The molecule has 146 valence electrons. The molecule has 1 N–H and O–H groups in total. The van der Waals surface area contributed by atoms with Crippen molar-refractivity contribution in [3.63, 3.8) is 0 Å². The summed E-state index contributed by atoms with van der Waals surface area (Å²) in [7, 11) is 0. The molecule has 3 heteroatoms. The first-order chi connectivity index (χ1) is 13.1. The maximum absolute atomic E-state index is 11.1. The van der Waals surface area contributed by atoms with E-state index in [0.29, 0.717) is 0 Å². The average molecular weight is 394 g/mol. The number of nitrogens with zero attached hydrogens (tertiary/aromatic N) is 1. The van der Waals surface area contributed by atoms with E-state index in [1.165, 1.54) is 16.7 Å². The molecule has 0 bridgehead atoms. The molecule has 4 rings (SSSR count). The van der Waals surface area contributed by atoms with Crippen LogP contribution < -0.4 is 12.4 Å². The second-order valence-corrected chi connectivity index (χ2v) is 8.23. The maximum Gasteiger partial charge on any atom is 0.163 e. The number of benzene rings is 3. The summed E-state index contributed by atoms with van der Waals surface area (Å²) in [5.74, 6) is 0. The van der Waals surface area contributed by atoms with Crippen LogP contribution in [0.2, 0.25) is 0 Å². The highest BCUT2D eigenvalue weighted by atomic mass is 35.5. The number of quaternary nitrogens is 1. The summed E-state index contributed by atoms with van der Waals surface area (Å²) in [4.78, 5) is 0. The van der Waals surface area contributed by atoms with E-state index in [1.54, 1.807) is 0 Å². The Kier molecular flexibility index (Phi) is 6.24. The van der Waals surface area contributed by atoms with Gasteiger partial charge in [-0.2, -0.15) is 0 Å². The van der Waals surface area contributed by atoms with Crippen molar-refractivity contribution < 1.29 is 22.0 Å². The number of hydrogen-bond acceptors (Lipinski definition) is 1. The lowest BCUT2D eigenvalue weighted by Crippen LogP contribution is -3.00. The van der Waals surface area contributed by atoms with Gasteiger partial charge in [-0.3, -0.25) is 0 Å². The molecule has 2 nitrogen and oxygen atoms in total. The van der Waals surface area contributed by atoms with Crippen LogP contribution in [0.3, 0.4) is 0 Å². The van der Waals surface area contributed by atoms with E-state index in [0.717, 1.165) is 30.5 Å². The molecule has 1 heterocycles. The summed E-state index contributed by atoms with van der Waals surface area (Å²) in [6.07, 6.45) is 0.896. The number of rotatable bonds is 6. The van der Waals surface area contributed by atoms with Crippen molar-refractivity contribution in [1.29, 1.82) is 0 Å². The average Bonchev–Trinajstić information content (AvgIpc) is 2.68. The Labute approximate surface area is 174 Å². The van der Waals surface area contributed by atoms with Gasteiger partial charge in [-0.15, -0.1) is 0 Å². The van der Waals surface area contributed by atoms with Crippen LogP contribution in [-0.2, 0) is 19.5 Å². The van der Waals surface area contributed by atoms with Crippen LogP contribution in [0, 0.1) is 0 Å². The molecule has 0 unspecified atom stereocenters. The number of likely N-dealkylation sites (tertiary alicyclic amines) is 1. The monoisotopic (exact) mass is 393 g/mol. The van der Waals surface area contributed by atoms with Gasteiger partial charge in [-0.05, 0) is 12.5 Å². The molecule has 3 aromatic carbocycles. The highest BCUT2D eigenvalue weighted by Crippen LogP contribution is 2.43. The molecule has 3 aromatic rings. The van der Waals surface area contributed by atoms with Gasteiger partial charge in [0.1, 0.15) is 25.7 Å². The predicted octanol–water partition coefficient (Wildman–Crippen LogP) is 1.58. The quantitative estimate of drug-likeness (QED) is 0.630. The largest absolute Gasteiger partial charge is 1.00 e. The van der Waals surface area contributed by atoms with Crippen LogP contribution in [0.5, 0.6) is 0 Å². The summed E-state index contributed by atoms with van der Waals surface area (Å²) in [5.41, 5.74) is 3.33. The van der Waals surface area contributed by atoms with E-state index in [-0.39, 0.29) is 18.4 Å². The summed E-state index contributed by atoms with van der Waals surface area (Å²) in [6.45, 7) is 4.69. The Balaban J connectivity index is 0.00000225. The minimum Gasteiger partial charge on any atom is -1.00 e. The highest BCUT2D eigenvalue weighted by molar-refractivity contribution is 5.20. The van der Waals surface area contributed by atoms with Crippen molar-refractivity contribution in [3.8, 4) is 0 Å². The third kappa shape index (κ3) is 4.30. The summed E-state index contributed by atoms with van der Waals surface area (Å²) in [6, 6.07) is 32.2. The van der Waals surface area contributed by atoms with E-state index in [4.69, 9.17) is 0 Å². The Morgan fingerprint density at radius 1 is 0.750 bits per heavy atom. The molecule has 2 atom stereocenters. The zero-order chi connectivity index (χ0) is 18.7. The van der Waals surface area contributed by atoms with E-state index in [2.05, 4.69) is 91.0 Å². The molecule has 0 radical (unpaired) electrons. The fraction of sp³-hybridized carbons (Fsp3) is 0.280. The van der Waals surface area contributed by atoms with Gasteiger partial charge in [-0.25, -0.2) is 0 Å². The lowest BCUT2D eigenvalue weighted by Gasteiger charge is -2.60. The Morgan fingerprint density at radius 3 is 1.54 bits per heavy atom. The Morgan fingerprint density at radius 2 is 1.14 bits per heavy atom. The van der Waals surface area contributed by atoms with Crippen LogP contribution in [0.4, 0.5) is 0 Å². The maximum atomic E-state index is 11.1. The van der Waals surface area contributed by atoms with Gasteiger partial charge >= 0.3 is 0 Å². The standard InChI is InChI=1S/C25H28NO.ClH/c1-25(27)20-26(18-22-13-7-3-8-14-22,19-23-15-9-4-10-16-23)24(25)17-21-11-5-2-6-12-21;/h2-16,24,27H,17-20H2,1H3;1H/q+1;/p-1/t24-,25-;/m0./s1. The smallest absolute Gasteiger partial charge is 0.163 e. The SMILES string of the molecule is C[C@]1(O)C[N+](Cc2ccccc2)(Cc2ccccc2)[C@H]1Cc1ccccc1.[Cl-]. The molecule has 1 saturated heterocycles. The Bertz CT molecular complexity index is 823. The lowest BCUT2D eigenvalue weighted by atomic mass is 9.76. The van der Waals surface area contributed by atoms with Crippen molar-refractivity contribution in [3.05, 3.63) is 108 Å². The fourth-order valence-electron chi connectivity index (χ4n) is 4.86. The molecule has 1 fully saturated rings. The second-order valence-electron chi connectivity index (χ2n) is 8.23. The van der Waals surface area contributed by atoms with Gasteiger partial charge in [0.15, 0.2) is 5.60 Å².